The molecule has 0 bridgehead atoms. The Balaban J connectivity index is 4.23. The van der Waals surface area contributed by atoms with E-state index in [1.54, 1.807) is 0 Å². The van der Waals surface area contributed by atoms with E-state index in [4.69, 9.17) is 14.2 Å². The van der Waals surface area contributed by atoms with Crippen molar-refractivity contribution in [1.82, 2.24) is 0 Å². The van der Waals surface area contributed by atoms with Gasteiger partial charge in [0.05, 0.1) is 6.61 Å². The maximum absolute atomic E-state index is 12.9. The average molecular weight is 930 g/mol. The maximum Gasteiger partial charge on any atom is 0.306 e. The third kappa shape index (κ3) is 55.0. The number of carbonyl (C=O) groups excluding carboxylic acids is 2. The predicted octanol–water partition coefficient (Wildman–Crippen LogP) is 20.4. The van der Waals surface area contributed by atoms with Gasteiger partial charge < -0.3 is 14.2 Å². The standard InChI is InChI=1S/C61H116O5/c1-4-7-10-13-16-19-22-25-28-30-32-35-38-41-44-47-50-53-56-64-57-59(66-61(63)55-52-49-46-43-40-37-33-27-24-21-18-15-12-9-6-3)58-65-60(62)54-51-48-45-42-39-36-34-31-29-26-23-20-17-14-11-8-5-2/h25,27-28,33,59H,4-24,26,29-32,34-58H2,1-3H3/b28-25-,33-27-. The minimum Gasteiger partial charge on any atom is -0.462 e. The molecule has 0 aromatic rings. The monoisotopic (exact) mass is 929 g/mol. The van der Waals surface area contributed by atoms with Gasteiger partial charge in [0.2, 0.25) is 0 Å². The van der Waals surface area contributed by atoms with E-state index in [1.165, 1.54) is 244 Å². The van der Waals surface area contributed by atoms with Crippen molar-refractivity contribution in [2.75, 3.05) is 19.8 Å². The topological polar surface area (TPSA) is 61.8 Å². The lowest BCUT2D eigenvalue weighted by Gasteiger charge is -2.18. The largest absolute Gasteiger partial charge is 0.462 e. The molecule has 0 aliphatic carbocycles. The summed E-state index contributed by atoms with van der Waals surface area (Å²) in [5.74, 6) is -0.385. The molecule has 0 fully saturated rings. The van der Waals surface area contributed by atoms with Crippen LogP contribution in [0.15, 0.2) is 24.3 Å². The Kier molecular flexibility index (Phi) is 56.3. The van der Waals surface area contributed by atoms with Crippen molar-refractivity contribution in [1.29, 1.82) is 0 Å². The summed E-state index contributed by atoms with van der Waals surface area (Å²) < 4.78 is 17.5. The summed E-state index contributed by atoms with van der Waals surface area (Å²) in [6.45, 7) is 7.88. The highest BCUT2D eigenvalue weighted by Gasteiger charge is 2.17. The first-order valence-electron chi connectivity index (χ1n) is 29.9. The average Bonchev–Trinajstić information content (AvgIpc) is 3.32. The third-order valence-electron chi connectivity index (χ3n) is 13.5. The number of unbranched alkanes of at least 4 members (excludes halogenated alkanes) is 41. The number of esters is 2. The van der Waals surface area contributed by atoms with Crippen LogP contribution in [0, 0.1) is 0 Å². The molecule has 0 rings (SSSR count). The van der Waals surface area contributed by atoms with Crippen molar-refractivity contribution in [3.8, 4) is 0 Å². The Morgan fingerprint density at radius 3 is 0.924 bits per heavy atom. The fourth-order valence-electron chi connectivity index (χ4n) is 8.97. The summed E-state index contributed by atoms with van der Waals surface area (Å²) >= 11 is 0. The van der Waals surface area contributed by atoms with E-state index in [0.29, 0.717) is 19.4 Å². The predicted molar refractivity (Wildman–Crippen MR) is 289 cm³/mol. The highest BCUT2D eigenvalue weighted by molar-refractivity contribution is 5.70. The van der Waals surface area contributed by atoms with Crippen molar-refractivity contribution in [3.63, 3.8) is 0 Å². The molecule has 390 valence electrons. The number of rotatable bonds is 56. The van der Waals surface area contributed by atoms with Crippen LogP contribution in [0.4, 0.5) is 0 Å². The van der Waals surface area contributed by atoms with Gasteiger partial charge in [-0.3, -0.25) is 9.59 Å². The second-order valence-electron chi connectivity index (χ2n) is 20.3. The van der Waals surface area contributed by atoms with Gasteiger partial charge in [0, 0.05) is 19.4 Å². The van der Waals surface area contributed by atoms with Crippen LogP contribution >= 0.6 is 0 Å². The van der Waals surface area contributed by atoms with Gasteiger partial charge in [0.15, 0.2) is 6.10 Å². The molecule has 0 aromatic carbocycles. The molecule has 5 nitrogen and oxygen atoms in total. The molecule has 0 heterocycles. The van der Waals surface area contributed by atoms with Crippen LogP contribution in [0.25, 0.3) is 0 Å². The molecule has 0 aromatic heterocycles. The van der Waals surface area contributed by atoms with Gasteiger partial charge in [0.1, 0.15) is 6.61 Å². The lowest BCUT2D eigenvalue weighted by Crippen LogP contribution is -2.30. The highest BCUT2D eigenvalue weighted by atomic mass is 16.6. The Labute approximate surface area is 413 Å². The third-order valence-corrected chi connectivity index (χ3v) is 13.5. The lowest BCUT2D eigenvalue weighted by atomic mass is 10.0. The minimum atomic E-state index is -0.537. The lowest BCUT2D eigenvalue weighted by molar-refractivity contribution is -0.163. The van der Waals surface area contributed by atoms with E-state index in [-0.39, 0.29) is 25.2 Å². The van der Waals surface area contributed by atoms with E-state index in [9.17, 15) is 9.59 Å². The van der Waals surface area contributed by atoms with Gasteiger partial charge in [-0.2, -0.15) is 0 Å². The van der Waals surface area contributed by atoms with Crippen molar-refractivity contribution < 1.29 is 23.8 Å². The fourth-order valence-corrected chi connectivity index (χ4v) is 8.97. The zero-order valence-electron chi connectivity index (χ0n) is 45.0. The molecule has 0 saturated carbocycles. The van der Waals surface area contributed by atoms with Crippen molar-refractivity contribution in [3.05, 3.63) is 24.3 Å². The summed E-state index contributed by atoms with van der Waals surface area (Å²) in [5.41, 5.74) is 0. The molecule has 0 amide bonds. The minimum absolute atomic E-state index is 0.0881. The molecule has 0 N–H and O–H groups in total. The molecule has 0 saturated heterocycles. The number of allylic oxidation sites excluding steroid dienone is 4. The zero-order chi connectivity index (χ0) is 47.7. The van der Waals surface area contributed by atoms with Gasteiger partial charge in [-0.05, 0) is 70.6 Å². The molecule has 0 aliphatic heterocycles. The molecule has 0 aliphatic rings. The van der Waals surface area contributed by atoms with Crippen LogP contribution in [0.5, 0.6) is 0 Å². The normalized spacial score (nSPS) is 12.2. The Morgan fingerprint density at radius 1 is 0.318 bits per heavy atom. The zero-order valence-corrected chi connectivity index (χ0v) is 45.0. The molecule has 0 spiro atoms. The van der Waals surface area contributed by atoms with Gasteiger partial charge >= 0.3 is 11.9 Å². The maximum atomic E-state index is 12.9. The number of ether oxygens (including phenoxy) is 3. The molecule has 0 radical (unpaired) electrons. The van der Waals surface area contributed by atoms with Crippen molar-refractivity contribution in [2.45, 2.75) is 335 Å². The number of carbonyl (C=O) groups is 2. The quantitative estimate of drug-likeness (QED) is 0.0345. The summed E-state index contributed by atoms with van der Waals surface area (Å²) in [6, 6.07) is 0. The van der Waals surface area contributed by atoms with Crippen molar-refractivity contribution >= 4 is 11.9 Å². The Morgan fingerprint density at radius 2 is 0.591 bits per heavy atom. The van der Waals surface area contributed by atoms with Crippen LogP contribution in [0.3, 0.4) is 0 Å². The molecule has 66 heavy (non-hydrogen) atoms. The second-order valence-corrected chi connectivity index (χ2v) is 20.3. The molecule has 5 heteroatoms. The Bertz CT molecular complexity index is 1010. The van der Waals surface area contributed by atoms with Crippen LogP contribution in [-0.4, -0.2) is 37.9 Å². The highest BCUT2D eigenvalue weighted by Crippen LogP contribution is 2.17. The van der Waals surface area contributed by atoms with E-state index >= 15 is 0 Å². The van der Waals surface area contributed by atoms with Gasteiger partial charge in [-0.1, -0.05) is 270 Å². The van der Waals surface area contributed by atoms with Gasteiger partial charge in [0.25, 0.3) is 0 Å². The van der Waals surface area contributed by atoms with Crippen LogP contribution in [0.1, 0.15) is 329 Å². The van der Waals surface area contributed by atoms with Gasteiger partial charge in [-0.15, -0.1) is 0 Å². The molecule has 1 unspecified atom stereocenters. The van der Waals surface area contributed by atoms with Gasteiger partial charge in [-0.25, -0.2) is 0 Å². The van der Waals surface area contributed by atoms with Crippen LogP contribution in [-0.2, 0) is 23.8 Å². The van der Waals surface area contributed by atoms with E-state index in [1.807, 2.05) is 0 Å². The molecular weight excluding hydrogens is 813 g/mol. The summed E-state index contributed by atoms with van der Waals surface area (Å²) in [7, 11) is 0. The van der Waals surface area contributed by atoms with E-state index < -0.39 is 6.10 Å². The molecular formula is C61H116O5. The first-order valence-corrected chi connectivity index (χ1v) is 29.9. The molecule has 1 atom stereocenters. The fraction of sp³-hybridized carbons (Fsp3) is 0.902. The first-order chi connectivity index (χ1) is 32.6. The summed E-state index contributed by atoms with van der Waals surface area (Å²) in [5, 5.41) is 0. The summed E-state index contributed by atoms with van der Waals surface area (Å²) in [6.07, 6.45) is 69.1. The first kappa shape index (κ1) is 64.4. The number of hydrogen-bond acceptors (Lipinski definition) is 5. The van der Waals surface area contributed by atoms with E-state index in [2.05, 4.69) is 45.1 Å². The SMILES string of the molecule is CCCCCCCC/C=C\CCCCCCCCCCOCC(COC(=O)CCCCCCCCCCCCCCCCCCC)OC(=O)CCCCCCC/C=C\CCCCCCCC. The van der Waals surface area contributed by atoms with Crippen molar-refractivity contribution in [2.24, 2.45) is 0 Å². The summed E-state index contributed by atoms with van der Waals surface area (Å²) in [4.78, 5) is 25.5. The smallest absolute Gasteiger partial charge is 0.306 e. The Hall–Kier alpha value is -1.62. The second kappa shape index (κ2) is 57.7. The van der Waals surface area contributed by atoms with Crippen LogP contribution < -0.4 is 0 Å². The van der Waals surface area contributed by atoms with E-state index in [0.717, 1.165) is 51.4 Å². The number of hydrogen-bond donors (Lipinski definition) is 0. The van der Waals surface area contributed by atoms with Crippen LogP contribution in [0.2, 0.25) is 0 Å².